The van der Waals surface area contributed by atoms with E-state index >= 15 is 0 Å². The minimum Gasteiger partial charge on any atom is -0.497 e. The van der Waals surface area contributed by atoms with Crippen molar-refractivity contribution < 1.29 is 13.9 Å². The Kier molecular flexibility index (Phi) is 6.72. The molecule has 1 aromatic heterocycles. The van der Waals surface area contributed by atoms with Crippen LogP contribution in [0.2, 0.25) is 0 Å². The van der Waals surface area contributed by atoms with Crippen molar-refractivity contribution in [1.29, 1.82) is 0 Å². The number of halogens is 1. The lowest BCUT2D eigenvalue weighted by atomic mass is 10.0. The molecule has 0 unspecified atom stereocenters. The zero-order valence-corrected chi connectivity index (χ0v) is 19.1. The van der Waals surface area contributed by atoms with Crippen molar-refractivity contribution in [3.05, 3.63) is 77.0 Å². The zero-order chi connectivity index (χ0) is 23.4. The molecule has 0 radical (unpaired) electrons. The number of hydrogen-bond donors (Lipinski definition) is 1. The number of nitrogens with one attached hydrogen (secondary N) is 1. The smallest absolute Gasteiger partial charge is 0.321 e. The summed E-state index contributed by atoms with van der Waals surface area (Å²) in [5.41, 5.74) is 3.07. The fourth-order valence-corrected chi connectivity index (χ4v) is 4.04. The Labute approximate surface area is 193 Å². The summed E-state index contributed by atoms with van der Waals surface area (Å²) in [4.78, 5) is 25.9. The Morgan fingerprint density at radius 3 is 2.55 bits per heavy atom. The number of rotatable bonds is 5. The van der Waals surface area contributed by atoms with Gasteiger partial charge in [0.1, 0.15) is 23.2 Å². The lowest BCUT2D eigenvalue weighted by molar-refractivity contribution is 0.208. The molecule has 0 atom stereocenters. The maximum atomic E-state index is 14.3. The number of ether oxygens (including phenoxy) is 1. The van der Waals surface area contributed by atoms with Crippen LogP contribution in [0, 0.1) is 19.7 Å². The SMILES string of the molecule is COc1cccc(NC(=O)N2CCN(c3nc(C)nc(C)c3Cc3ccccc3F)CC2)c1. The van der Waals surface area contributed by atoms with E-state index in [1.807, 2.05) is 38.1 Å². The Morgan fingerprint density at radius 2 is 1.82 bits per heavy atom. The number of nitrogens with zero attached hydrogens (tertiary/aromatic N) is 4. The van der Waals surface area contributed by atoms with E-state index in [2.05, 4.69) is 15.2 Å². The van der Waals surface area contributed by atoms with Gasteiger partial charge in [0.15, 0.2) is 0 Å². The highest BCUT2D eigenvalue weighted by Gasteiger charge is 2.25. The third-order valence-corrected chi connectivity index (χ3v) is 5.82. The van der Waals surface area contributed by atoms with E-state index in [-0.39, 0.29) is 11.8 Å². The van der Waals surface area contributed by atoms with Gasteiger partial charge in [0.2, 0.25) is 0 Å². The van der Waals surface area contributed by atoms with Gasteiger partial charge in [-0.25, -0.2) is 19.2 Å². The van der Waals surface area contributed by atoms with Crippen LogP contribution in [0.5, 0.6) is 5.75 Å². The summed E-state index contributed by atoms with van der Waals surface area (Å²) >= 11 is 0. The molecule has 4 rings (SSSR count). The van der Waals surface area contributed by atoms with Crippen molar-refractivity contribution in [3.63, 3.8) is 0 Å². The first-order valence-corrected chi connectivity index (χ1v) is 11.0. The quantitative estimate of drug-likeness (QED) is 0.633. The van der Waals surface area contributed by atoms with Crippen molar-refractivity contribution in [2.24, 2.45) is 0 Å². The van der Waals surface area contributed by atoms with Crippen molar-refractivity contribution in [2.45, 2.75) is 20.3 Å². The van der Waals surface area contributed by atoms with Crippen LogP contribution in [0.3, 0.4) is 0 Å². The third-order valence-electron chi connectivity index (χ3n) is 5.82. The van der Waals surface area contributed by atoms with Crippen LogP contribution >= 0.6 is 0 Å². The topological polar surface area (TPSA) is 70.6 Å². The number of methoxy groups -OCH3 is 1. The Balaban J connectivity index is 1.47. The van der Waals surface area contributed by atoms with Gasteiger partial charge in [-0.05, 0) is 37.6 Å². The molecule has 7 nitrogen and oxygen atoms in total. The molecule has 0 aliphatic carbocycles. The molecule has 1 aliphatic heterocycles. The van der Waals surface area contributed by atoms with E-state index in [9.17, 15) is 9.18 Å². The van der Waals surface area contributed by atoms with Gasteiger partial charge >= 0.3 is 6.03 Å². The summed E-state index contributed by atoms with van der Waals surface area (Å²) in [6.45, 7) is 6.17. The molecule has 0 bridgehead atoms. The minimum atomic E-state index is -0.234. The van der Waals surface area contributed by atoms with Gasteiger partial charge in [0, 0.05) is 55.6 Å². The molecule has 3 aromatic rings. The molecular weight excluding hydrogens is 421 g/mol. The molecule has 33 heavy (non-hydrogen) atoms. The second-order valence-electron chi connectivity index (χ2n) is 8.06. The summed E-state index contributed by atoms with van der Waals surface area (Å²) in [7, 11) is 1.59. The number of piperazine rings is 1. The number of amides is 2. The molecule has 1 fully saturated rings. The van der Waals surface area contributed by atoms with Crippen LogP contribution in [0.4, 0.5) is 20.7 Å². The highest BCUT2D eigenvalue weighted by molar-refractivity contribution is 5.89. The van der Waals surface area contributed by atoms with Crippen LogP contribution in [0.15, 0.2) is 48.5 Å². The average molecular weight is 450 g/mol. The van der Waals surface area contributed by atoms with E-state index in [0.29, 0.717) is 55.4 Å². The first-order valence-electron chi connectivity index (χ1n) is 11.0. The highest BCUT2D eigenvalue weighted by Crippen LogP contribution is 2.26. The van der Waals surface area contributed by atoms with Gasteiger partial charge in [0.25, 0.3) is 0 Å². The molecule has 8 heteroatoms. The number of urea groups is 1. The van der Waals surface area contributed by atoms with Crippen molar-refractivity contribution in [2.75, 3.05) is 43.5 Å². The summed E-state index contributed by atoms with van der Waals surface area (Å²) in [6.07, 6.45) is 0.421. The highest BCUT2D eigenvalue weighted by atomic mass is 19.1. The molecule has 2 heterocycles. The Morgan fingerprint density at radius 1 is 1.06 bits per heavy atom. The zero-order valence-electron chi connectivity index (χ0n) is 19.1. The van der Waals surface area contributed by atoms with Crippen LogP contribution in [0.25, 0.3) is 0 Å². The molecule has 1 saturated heterocycles. The maximum Gasteiger partial charge on any atom is 0.321 e. The molecule has 0 spiro atoms. The predicted molar refractivity (Wildman–Crippen MR) is 127 cm³/mol. The number of carbonyl (C=O) groups is 1. The fraction of sp³-hybridized carbons (Fsp3) is 0.320. The summed E-state index contributed by atoms with van der Waals surface area (Å²) in [5.74, 6) is 1.95. The minimum absolute atomic E-state index is 0.149. The van der Waals surface area contributed by atoms with Crippen molar-refractivity contribution in [1.82, 2.24) is 14.9 Å². The number of carbonyl (C=O) groups excluding carboxylic acids is 1. The summed E-state index contributed by atoms with van der Waals surface area (Å²) in [6, 6.07) is 13.9. The first-order chi connectivity index (χ1) is 15.9. The molecule has 1 aliphatic rings. The lowest BCUT2D eigenvalue weighted by Crippen LogP contribution is -2.50. The van der Waals surface area contributed by atoms with Gasteiger partial charge in [-0.1, -0.05) is 24.3 Å². The number of anilines is 2. The predicted octanol–water partition coefficient (Wildman–Crippen LogP) is 4.19. The van der Waals surface area contributed by atoms with E-state index in [4.69, 9.17) is 9.72 Å². The van der Waals surface area contributed by atoms with Crippen molar-refractivity contribution >= 4 is 17.5 Å². The Hall–Kier alpha value is -3.68. The van der Waals surface area contributed by atoms with Crippen molar-refractivity contribution in [3.8, 4) is 5.75 Å². The molecule has 0 saturated carbocycles. The average Bonchev–Trinajstić information content (AvgIpc) is 2.82. The van der Waals surface area contributed by atoms with E-state index in [0.717, 1.165) is 17.1 Å². The van der Waals surface area contributed by atoms with E-state index in [1.54, 1.807) is 30.2 Å². The van der Waals surface area contributed by atoms with Crippen LogP contribution in [-0.4, -0.2) is 54.2 Å². The summed E-state index contributed by atoms with van der Waals surface area (Å²) in [5, 5.41) is 2.93. The second kappa shape index (κ2) is 9.85. The number of hydrogen-bond acceptors (Lipinski definition) is 5. The van der Waals surface area contributed by atoms with Crippen LogP contribution in [-0.2, 0) is 6.42 Å². The van der Waals surface area contributed by atoms with E-state index < -0.39 is 0 Å². The Bertz CT molecular complexity index is 1150. The second-order valence-corrected chi connectivity index (χ2v) is 8.06. The van der Waals surface area contributed by atoms with Gasteiger partial charge in [-0.15, -0.1) is 0 Å². The van der Waals surface area contributed by atoms with Crippen LogP contribution in [0.1, 0.15) is 22.6 Å². The van der Waals surface area contributed by atoms with Gasteiger partial charge in [0.05, 0.1) is 7.11 Å². The molecule has 1 N–H and O–H groups in total. The largest absolute Gasteiger partial charge is 0.497 e. The lowest BCUT2D eigenvalue weighted by Gasteiger charge is -2.36. The normalized spacial score (nSPS) is 13.7. The number of aromatic nitrogens is 2. The monoisotopic (exact) mass is 449 g/mol. The molecule has 2 amide bonds. The standard InChI is InChI=1S/C25H28FN5O2/c1-17-22(15-19-7-4-5-10-23(19)26)24(28-18(2)27-17)30-11-13-31(14-12-30)25(32)29-20-8-6-9-21(16-20)33-3/h4-10,16H,11-15H2,1-3H3,(H,29,32). The van der Waals surface area contributed by atoms with Gasteiger partial charge < -0.3 is 19.9 Å². The van der Waals surface area contributed by atoms with Gasteiger partial charge in [-0.3, -0.25) is 0 Å². The first kappa shape index (κ1) is 22.5. The molecule has 172 valence electrons. The van der Waals surface area contributed by atoms with Gasteiger partial charge in [-0.2, -0.15) is 0 Å². The number of benzene rings is 2. The third kappa shape index (κ3) is 5.22. The van der Waals surface area contributed by atoms with Crippen LogP contribution < -0.4 is 15.0 Å². The number of aryl methyl sites for hydroxylation is 2. The molecular formula is C25H28FN5O2. The fourth-order valence-electron chi connectivity index (χ4n) is 4.04. The van der Waals surface area contributed by atoms with E-state index in [1.165, 1.54) is 6.07 Å². The maximum absolute atomic E-state index is 14.3. The summed E-state index contributed by atoms with van der Waals surface area (Å²) < 4.78 is 19.5. The molecule has 2 aromatic carbocycles.